The Morgan fingerprint density at radius 2 is 2.41 bits per heavy atom. The number of thiophene rings is 1. The number of hydrogen-bond acceptors (Lipinski definition) is 4. The summed E-state index contributed by atoms with van der Waals surface area (Å²) < 4.78 is 5.04. The molecular weight excluding hydrogens is 238 g/mol. The van der Waals surface area contributed by atoms with Crippen LogP contribution in [0.25, 0.3) is 0 Å². The van der Waals surface area contributed by atoms with Gasteiger partial charge in [0, 0.05) is 11.4 Å². The van der Waals surface area contributed by atoms with Crippen molar-refractivity contribution in [1.82, 2.24) is 5.32 Å². The van der Waals surface area contributed by atoms with Crippen molar-refractivity contribution in [2.24, 2.45) is 5.92 Å². The van der Waals surface area contributed by atoms with Crippen molar-refractivity contribution in [1.29, 1.82) is 0 Å². The van der Waals surface area contributed by atoms with Crippen LogP contribution < -0.4 is 10.1 Å². The van der Waals surface area contributed by atoms with Crippen LogP contribution in [-0.4, -0.2) is 30.3 Å². The van der Waals surface area contributed by atoms with Crippen LogP contribution in [0.15, 0.2) is 11.4 Å². The number of aliphatic hydroxyl groups is 1. The first-order chi connectivity index (χ1) is 8.09. The van der Waals surface area contributed by atoms with Crippen LogP contribution in [0.4, 0.5) is 0 Å². The topological polar surface area (TPSA) is 58.6 Å². The van der Waals surface area contributed by atoms with Crippen LogP contribution in [0.3, 0.4) is 0 Å². The maximum absolute atomic E-state index is 12.0. The molecule has 2 N–H and O–H groups in total. The summed E-state index contributed by atoms with van der Waals surface area (Å²) in [6, 6.07) is 1.71. The zero-order valence-electron chi connectivity index (χ0n) is 10.0. The molecule has 1 unspecified atom stereocenters. The molecule has 1 fully saturated rings. The minimum Gasteiger partial charge on any atom is -0.496 e. The van der Waals surface area contributed by atoms with Crippen molar-refractivity contribution >= 4 is 17.2 Å². The van der Waals surface area contributed by atoms with E-state index in [1.165, 1.54) is 11.3 Å². The molecule has 1 heterocycles. The fourth-order valence-corrected chi connectivity index (χ4v) is 2.61. The zero-order valence-corrected chi connectivity index (χ0v) is 10.8. The van der Waals surface area contributed by atoms with Gasteiger partial charge in [-0.1, -0.05) is 0 Å². The number of rotatable bonds is 5. The van der Waals surface area contributed by atoms with E-state index in [1.54, 1.807) is 18.6 Å². The van der Waals surface area contributed by atoms with Gasteiger partial charge in [-0.2, -0.15) is 0 Å². The van der Waals surface area contributed by atoms with Gasteiger partial charge in [-0.05, 0) is 25.7 Å². The molecule has 5 heteroatoms. The fourth-order valence-electron chi connectivity index (χ4n) is 1.86. The summed E-state index contributed by atoms with van der Waals surface area (Å²) in [6.45, 7) is 1.87. The fraction of sp³-hybridized carbons (Fsp3) is 0.583. The number of methoxy groups -OCH3 is 1. The highest BCUT2D eigenvalue weighted by atomic mass is 32.1. The second-order valence-electron chi connectivity index (χ2n) is 4.65. The third-order valence-electron chi connectivity index (χ3n) is 3.24. The SMILES string of the molecule is COc1csc(C(=O)NC(C)(CO)C2CC2)c1. The van der Waals surface area contributed by atoms with Crippen LogP contribution in [0.5, 0.6) is 5.75 Å². The predicted molar refractivity (Wildman–Crippen MR) is 66.6 cm³/mol. The molecule has 0 aromatic carbocycles. The first-order valence-corrected chi connectivity index (χ1v) is 6.53. The molecule has 0 saturated heterocycles. The van der Waals surface area contributed by atoms with Crippen molar-refractivity contribution in [3.8, 4) is 5.75 Å². The van der Waals surface area contributed by atoms with Crippen molar-refractivity contribution < 1.29 is 14.6 Å². The van der Waals surface area contributed by atoms with Crippen LogP contribution >= 0.6 is 11.3 Å². The lowest BCUT2D eigenvalue weighted by Gasteiger charge is -2.28. The van der Waals surface area contributed by atoms with E-state index < -0.39 is 5.54 Å². The summed E-state index contributed by atoms with van der Waals surface area (Å²) in [5.74, 6) is 0.956. The summed E-state index contributed by atoms with van der Waals surface area (Å²) in [5, 5.41) is 14.1. The number of carbonyl (C=O) groups is 1. The number of hydrogen-bond donors (Lipinski definition) is 2. The molecule has 1 saturated carbocycles. The molecule has 1 aromatic rings. The minimum atomic E-state index is -0.492. The maximum Gasteiger partial charge on any atom is 0.261 e. The second kappa shape index (κ2) is 4.66. The Morgan fingerprint density at radius 1 is 1.71 bits per heavy atom. The van der Waals surface area contributed by atoms with E-state index in [9.17, 15) is 9.90 Å². The predicted octanol–water partition coefficient (Wildman–Crippen LogP) is 1.65. The lowest BCUT2D eigenvalue weighted by molar-refractivity contribution is 0.0828. The highest BCUT2D eigenvalue weighted by molar-refractivity contribution is 7.12. The zero-order chi connectivity index (χ0) is 12.5. The van der Waals surface area contributed by atoms with Crippen molar-refractivity contribution in [2.45, 2.75) is 25.3 Å². The van der Waals surface area contributed by atoms with Gasteiger partial charge < -0.3 is 15.2 Å². The van der Waals surface area contributed by atoms with Gasteiger partial charge in [0.1, 0.15) is 5.75 Å². The van der Waals surface area contributed by atoms with E-state index in [4.69, 9.17) is 4.74 Å². The van der Waals surface area contributed by atoms with Gasteiger partial charge >= 0.3 is 0 Å². The average molecular weight is 255 g/mol. The number of aliphatic hydroxyl groups excluding tert-OH is 1. The Labute approximate surface area is 105 Å². The number of ether oxygens (including phenoxy) is 1. The van der Waals surface area contributed by atoms with Crippen LogP contribution in [0.2, 0.25) is 0 Å². The number of carbonyl (C=O) groups excluding carboxylic acids is 1. The molecule has 4 nitrogen and oxygen atoms in total. The first-order valence-electron chi connectivity index (χ1n) is 5.65. The van der Waals surface area contributed by atoms with E-state index in [0.717, 1.165) is 12.8 Å². The summed E-state index contributed by atoms with van der Waals surface area (Å²) in [5.41, 5.74) is -0.492. The van der Waals surface area contributed by atoms with Crippen LogP contribution in [0, 0.1) is 5.92 Å². The molecule has 1 aromatic heterocycles. The Hall–Kier alpha value is -1.07. The molecule has 0 spiro atoms. The van der Waals surface area contributed by atoms with Gasteiger partial charge in [0.2, 0.25) is 0 Å². The van der Waals surface area contributed by atoms with Gasteiger partial charge in [0.05, 0.1) is 24.1 Å². The lowest BCUT2D eigenvalue weighted by atomic mass is 9.97. The normalized spacial score (nSPS) is 18.5. The summed E-state index contributed by atoms with van der Waals surface area (Å²) in [4.78, 5) is 12.6. The molecule has 0 radical (unpaired) electrons. The third-order valence-corrected chi connectivity index (χ3v) is 4.15. The monoisotopic (exact) mass is 255 g/mol. The summed E-state index contributed by atoms with van der Waals surface area (Å²) >= 11 is 1.35. The molecule has 2 rings (SSSR count). The van der Waals surface area contributed by atoms with Gasteiger partial charge in [-0.25, -0.2) is 0 Å². The molecule has 0 bridgehead atoms. The Balaban J connectivity index is 2.05. The van der Waals surface area contributed by atoms with Gasteiger partial charge in [0.15, 0.2) is 0 Å². The molecule has 1 amide bonds. The quantitative estimate of drug-likeness (QED) is 0.841. The minimum absolute atomic E-state index is 0.0219. The maximum atomic E-state index is 12.0. The Kier molecular flexibility index (Phi) is 3.40. The van der Waals surface area contributed by atoms with Crippen molar-refractivity contribution in [3.63, 3.8) is 0 Å². The Bertz CT molecular complexity index is 414. The molecule has 1 aliphatic carbocycles. The standard InChI is InChI=1S/C12H17NO3S/c1-12(7-14,8-3-4-8)13-11(15)10-5-9(16-2)6-17-10/h5-6,8,14H,3-4,7H2,1-2H3,(H,13,15). The molecule has 0 aliphatic heterocycles. The molecular formula is C12H17NO3S. The van der Waals surface area contributed by atoms with Crippen LogP contribution in [-0.2, 0) is 0 Å². The van der Waals surface area contributed by atoms with E-state index in [-0.39, 0.29) is 12.5 Å². The first kappa shape index (κ1) is 12.4. The smallest absolute Gasteiger partial charge is 0.261 e. The van der Waals surface area contributed by atoms with Crippen molar-refractivity contribution in [2.75, 3.05) is 13.7 Å². The van der Waals surface area contributed by atoms with E-state index >= 15 is 0 Å². The third kappa shape index (κ3) is 2.61. The molecule has 94 valence electrons. The number of amides is 1. The highest BCUT2D eigenvalue weighted by Crippen LogP contribution is 2.39. The van der Waals surface area contributed by atoms with E-state index in [2.05, 4.69) is 5.32 Å². The molecule has 1 atom stereocenters. The largest absolute Gasteiger partial charge is 0.496 e. The van der Waals surface area contributed by atoms with Gasteiger partial charge in [0.25, 0.3) is 5.91 Å². The summed E-state index contributed by atoms with van der Waals surface area (Å²) in [6.07, 6.45) is 2.15. The van der Waals surface area contributed by atoms with Crippen molar-refractivity contribution in [3.05, 3.63) is 16.3 Å². The lowest BCUT2D eigenvalue weighted by Crippen LogP contribution is -2.50. The molecule has 17 heavy (non-hydrogen) atoms. The van der Waals surface area contributed by atoms with E-state index in [1.807, 2.05) is 6.92 Å². The van der Waals surface area contributed by atoms with E-state index in [0.29, 0.717) is 16.5 Å². The Morgan fingerprint density at radius 3 is 2.88 bits per heavy atom. The number of nitrogens with one attached hydrogen (secondary N) is 1. The van der Waals surface area contributed by atoms with Gasteiger partial charge in [-0.15, -0.1) is 11.3 Å². The highest BCUT2D eigenvalue weighted by Gasteiger charge is 2.42. The average Bonchev–Trinajstić information content (AvgIpc) is 3.07. The summed E-state index contributed by atoms with van der Waals surface area (Å²) in [7, 11) is 1.58. The molecule has 1 aliphatic rings. The van der Waals surface area contributed by atoms with Gasteiger partial charge in [-0.3, -0.25) is 4.79 Å². The van der Waals surface area contributed by atoms with Crippen LogP contribution in [0.1, 0.15) is 29.4 Å². The second-order valence-corrected chi connectivity index (χ2v) is 5.57.